The van der Waals surface area contributed by atoms with E-state index in [2.05, 4.69) is 23.1 Å². The van der Waals surface area contributed by atoms with E-state index in [9.17, 15) is 0 Å². The number of anilines is 1. The van der Waals surface area contributed by atoms with Crippen LogP contribution in [0.4, 0.5) is 5.69 Å². The lowest BCUT2D eigenvalue weighted by atomic mass is 10.1. The molecule has 0 radical (unpaired) electrons. The molecule has 1 heterocycles. The molecule has 1 aliphatic heterocycles. The van der Waals surface area contributed by atoms with Crippen molar-refractivity contribution in [1.29, 1.82) is 0 Å². The first kappa shape index (κ1) is 10.1. The Morgan fingerprint density at radius 1 is 1.12 bits per heavy atom. The molecule has 0 amide bonds. The zero-order valence-electron chi connectivity index (χ0n) is 9.48. The van der Waals surface area contributed by atoms with Crippen LogP contribution >= 0.6 is 0 Å². The normalized spacial score (nSPS) is 24.6. The summed E-state index contributed by atoms with van der Waals surface area (Å²) in [5.74, 6) is 0. The molecule has 3 rings (SSSR count). The van der Waals surface area contributed by atoms with Crippen molar-refractivity contribution in [3.05, 3.63) is 29.3 Å². The zero-order chi connectivity index (χ0) is 11.0. The molecule has 2 aliphatic rings. The summed E-state index contributed by atoms with van der Waals surface area (Å²) in [6.45, 7) is 3.70. The van der Waals surface area contributed by atoms with Crippen molar-refractivity contribution < 1.29 is 4.74 Å². The van der Waals surface area contributed by atoms with Gasteiger partial charge < -0.3 is 15.4 Å². The number of morpholine rings is 1. The number of hydrogen-bond acceptors (Lipinski definition) is 3. The minimum atomic E-state index is 0.329. The van der Waals surface area contributed by atoms with Crippen LogP contribution in [-0.2, 0) is 17.6 Å². The van der Waals surface area contributed by atoms with Crippen molar-refractivity contribution >= 4 is 5.69 Å². The average molecular weight is 218 g/mol. The second-order valence-corrected chi connectivity index (χ2v) is 4.72. The molecule has 1 aliphatic carbocycles. The molecule has 3 nitrogen and oxygen atoms in total. The van der Waals surface area contributed by atoms with E-state index in [4.69, 9.17) is 10.5 Å². The van der Waals surface area contributed by atoms with Gasteiger partial charge in [0.05, 0.1) is 13.2 Å². The SMILES string of the molecule is N[C@H]1Cc2ccc(N3CCOCC3)cc2C1. The second-order valence-electron chi connectivity index (χ2n) is 4.72. The molecule has 0 saturated carbocycles. The predicted octanol–water partition coefficient (Wildman–Crippen LogP) is 0.949. The van der Waals surface area contributed by atoms with Crippen LogP contribution < -0.4 is 10.6 Å². The third-order valence-electron chi connectivity index (χ3n) is 3.53. The van der Waals surface area contributed by atoms with Crippen molar-refractivity contribution in [2.75, 3.05) is 31.2 Å². The van der Waals surface area contributed by atoms with Gasteiger partial charge in [0, 0.05) is 24.8 Å². The fourth-order valence-corrected chi connectivity index (χ4v) is 2.66. The van der Waals surface area contributed by atoms with Gasteiger partial charge in [-0.25, -0.2) is 0 Å². The summed E-state index contributed by atoms with van der Waals surface area (Å²) >= 11 is 0. The Labute approximate surface area is 96.2 Å². The highest BCUT2D eigenvalue weighted by Gasteiger charge is 2.19. The topological polar surface area (TPSA) is 38.5 Å². The van der Waals surface area contributed by atoms with Crippen LogP contribution in [0.25, 0.3) is 0 Å². The van der Waals surface area contributed by atoms with E-state index in [1.807, 2.05) is 0 Å². The molecular formula is C13H18N2O. The Hall–Kier alpha value is -1.06. The number of hydrogen-bond donors (Lipinski definition) is 1. The summed E-state index contributed by atoms with van der Waals surface area (Å²) in [5.41, 5.74) is 10.2. The molecule has 0 aromatic heterocycles. The van der Waals surface area contributed by atoms with Gasteiger partial charge in [0.25, 0.3) is 0 Å². The maximum absolute atomic E-state index is 5.98. The van der Waals surface area contributed by atoms with Gasteiger partial charge in [-0.1, -0.05) is 6.07 Å². The van der Waals surface area contributed by atoms with E-state index in [1.54, 1.807) is 0 Å². The summed E-state index contributed by atoms with van der Waals surface area (Å²) in [7, 11) is 0. The highest BCUT2D eigenvalue weighted by atomic mass is 16.5. The van der Waals surface area contributed by atoms with Gasteiger partial charge in [-0.05, 0) is 36.1 Å². The Kier molecular flexibility index (Phi) is 2.58. The first-order valence-electron chi connectivity index (χ1n) is 6.03. The monoisotopic (exact) mass is 218 g/mol. The van der Waals surface area contributed by atoms with E-state index in [0.29, 0.717) is 6.04 Å². The van der Waals surface area contributed by atoms with Gasteiger partial charge in [0.2, 0.25) is 0 Å². The van der Waals surface area contributed by atoms with Crippen LogP contribution in [0.15, 0.2) is 18.2 Å². The minimum absolute atomic E-state index is 0.329. The molecular weight excluding hydrogens is 200 g/mol. The van der Waals surface area contributed by atoms with Crippen molar-refractivity contribution in [3.63, 3.8) is 0 Å². The molecule has 86 valence electrons. The predicted molar refractivity (Wildman–Crippen MR) is 64.9 cm³/mol. The van der Waals surface area contributed by atoms with Crippen molar-refractivity contribution in [3.8, 4) is 0 Å². The lowest BCUT2D eigenvalue weighted by molar-refractivity contribution is 0.122. The summed E-state index contributed by atoms with van der Waals surface area (Å²) < 4.78 is 5.37. The number of benzene rings is 1. The molecule has 3 heteroatoms. The molecule has 0 bridgehead atoms. The van der Waals surface area contributed by atoms with E-state index in [1.165, 1.54) is 16.8 Å². The van der Waals surface area contributed by atoms with E-state index >= 15 is 0 Å². The molecule has 1 fully saturated rings. The van der Waals surface area contributed by atoms with Crippen molar-refractivity contribution in [1.82, 2.24) is 0 Å². The highest BCUT2D eigenvalue weighted by molar-refractivity contribution is 5.53. The number of rotatable bonds is 1. The Bertz CT molecular complexity index is 386. The summed E-state index contributed by atoms with van der Waals surface area (Å²) in [6.07, 6.45) is 2.08. The van der Waals surface area contributed by atoms with Gasteiger partial charge in [0.15, 0.2) is 0 Å². The fourth-order valence-electron chi connectivity index (χ4n) is 2.66. The Morgan fingerprint density at radius 2 is 1.88 bits per heavy atom. The third kappa shape index (κ3) is 1.81. The molecule has 1 saturated heterocycles. The van der Waals surface area contributed by atoms with Crippen LogP contribution in [0.2, 0.25) is 0 Å². The molecule has 1 aromatic carbocycles. The number of fused-ring (bicyclic) bond motifs is 1. The number of nitrogens with zero attached hydrogens (tertiary/aromatic N) is 1. The number of ether oxygens (including phenoxy) is 1. The van der Waals surface area contributed by atoms with E-state index in [0.717, 1.165) is 39.1 Å². The lowest BCUT2D eigenvalue weighted by Crippen LogP contribution is -2.36. The quantitative estimate of drug-likeness (QED) is 0.762. The maximum atomic E-state index is 5.98. The third-order valence-corrected chi connectivity index (χ3v) is 3.53. The van der Waals surface area contributed by atoms with E-state index < -0.39 is 0 Å². The van der Waals surface area contributed by atoms with Crippen LogP contribution in [0, 0.1) is 0 Å². The van der Waals surface area contributed by atoms with Gasteiger partial charge in [-0.15, -0.1) is 0 Å². The van der Waals surface area contributed by atoms with Gasteiger partial charge in [0.1, 0.15) is 0 Å². The molecule has 1 atom stereocenters. The largest absolute Gasteiger partial charge is 0.378 e. The standard InChI is InChI=1S/C13H18N2O/c14-12-7-10-1-2-13(9-11(10)8-12)15-3-5-16-6-4-15/h1-2,9,12H,3-8,14H2/t12-/m0/s1. The first-order chi connectivity index (χ1) is 7.83. The lowest BCUT2D eigenvalue weighted by Gasteiger charge is -2.29. The van der Waals surface area contributed by atoms with Gasteiger partial charge in [-0.2, -0.15) is 0 Å². The summed E-state index contributed by atoms with van der Waals surface area (Å²) in [6, 6.07) is 7.11. The van der Waals surface area contributed by atoms with Crippen LogP contribution in [0.3, 0.4) is 0 Å². The smallest absolute Gasteiger partial charge is 0.0642 e. The van der Waals surface area contributed by atoms with E-state index in [-0.39, 0.29) is 0 Å². The fraction of sp³-hybridized carbons (Fsp3) is 0.538. The van der Waals surface area contributed by atoms with Crippen molar-refractivity contribution in [2.45, 2.75) is 18.9 Å². The molecule has 1 aromatic rings. The Morgan fingerprint density at radius 3 is 2.69 bits per heavy atom. The van der Waals surface area contributed by atoms with Crippen molar-refractivity contribution in [2.24, 2.45) is 5.73 Å². The maximum Gasteiger partial charge on any atom is 0.0642 e. The first-order valence-corrected chi connectivity index (χ1v) is 6.03. The van der Waals surface area contributed by atoms with Crippen LogP contribution in [0.5, 0.6) is 0 Å². The minimum Gasteiger partial charge on any atom is -0.378 e. The van der Waals surface area contributed by atoms with Gasteiger partial charge >= 0.3 is 0 Å². The summed E-state index contributed by atoms with van der Waals surface area (Å²) in [4.78, 5) is 2.40. The molecule has 16 heavy (non-hydrogen) atoms. The summed E-state index contributed by atoms with van der Waals surface area (Å²) in [5, 5.41) is 0. The molecule has 2 N–H and O–H groups in total. The van der Waals surface area contributed by atoms with Crippen LogP contribution in [0.1, 0.15) is 11.1 Å². The molecule has 0 spiro atoms. The average Bonchev–Trinajstić information content (AvgIpc) is 2.69. The highest BCUT2D eigenvalue weighted by Crippen LogP contribution is 2.26. The Balaban J connectivity index is 1.84. The second kappa shape index (κ2) is 4.07. The zero-order valence-corrected chi connectivity index (χ0v) is 9.48. The van der Waals surface area contributed by atoms with Gasteiger partial charge in [-0.3, -0.25) is 0 Å². The van der Waals surface area contributed by atoms with Crippen LogP contribution in [-0.4, -0.2) is 32.3 Å². The molecule has 0 unspecified atom stereocenters. The number of nitrogens with two attached hydrogens (primary N) is 1.